The quantitative estimate of drug-likeness (QED) is 0.448. The van der Waals surface area contributed by atoms with Gasteiger partial charge in [0.05, 0.1) is 23.0 Å². The summed E-state index contributed by atoms with van der Waals surface area (Å²) >= 11 is 1.56. The first-order valence-corrected chi connectivity index (χ1v) is 8.74. The number of nitro groups is 1. The molecule has 3 rings (SSSR count). The number of anilines is 1. The van der Waals surface area contributed by atoms with Gasteiger partial charge in [-0.15, -0.1) is 11.3 Å². The van der Waals surface area contributed by atoms with E-state index >= 15 is 0 Å². The summed E-state index contributed by atoms with van der Waals surface area (Å²) in [5.41, 5.74) is 1.46. The lowest BCUT2D eigenvalue weighted by molar-refractivity contribution is -0.384. The fourth-order valence-corrected chi connectivity index (χ4v) is 3.71. The highest BCUT2D eigenvalue weighted by atomic mass is 32.1. The number of aryl methyl sites for hydroxylation is 2. The van der Waals surface area contributed by atoms with E-state index in [1.54, 1.807) is 11.3 Å². The third kappa shape index (κ3) is 3.36. The van der Waals surface area contributed by atoms with Gasteiger partial charge in [0.1, 0.15) is 23.1 Å². The molecule has 0 spiro atoms. The molecule has 26 heavy (non-hydrogen) atoms. The van der Waals surface area contributed by atoms with Gasteiger partial charge in [-0.3, -0.25) is 10.1 Å². The maximum atomic E-state index is 10.7. The van der Waals surface area contributed by atoms with Crippen LogP contribution < -0.4 is 5.32 Å². The van der Waals surface area contributed by atoms with E-state index in [1.807, 2.05) is 13.8 Å². The summed E-state index contributed by atoms with van der Waals surface area (Å²) in [7, 11) is 0. The number of nitrogens with one attached hydrogen (secondary N) is 1. The van der Waals surface area contributed by atoms with Crippen molar-refractivity contribution in [3.63, 3.8) is 0 Å². The minimum atomic E-state index is -1.06. The fourth-order valence-electron chi connectivity index (χ4n) is 2.72. The van der Waals surface area contributed by atoms with Crippen LogP contribution in [0.2, 0.25) is 0 Å². The number of rotatable bonds is 6. The molecular formula is C17H18N4O4S. The number of nitro benzene ring substituents is 1. The van der Waals surface area contributed by atoms with Crippen LogP contribution in [0, 0.1) is 24.0 Å². The first kappa shape index (κ1) is 18.2. The summed E-state index contributed by atoms with van der Waals surface area (Å²) in [6.45, 7) is 3.63. The lowest BCUT2D eigenvalue weighted by atomic mass is 10.0. The third-order valence-corrected chi connectivity index (χ3v) is 5.43. The predicted octanol–water partition coefficient (Wildman–Crippen LogP) is 2.72. The molecule has 2 heterocycles. The van der Waals surface area contributed by atoms with Crippen LogP contribution in [0.25, 0.3) is 10.2 Å². The lowest BCUT2D eigenvalue weighted by Gasteiger charge is -2.23. The number of aliphatic hydroxyl groups excluding tert-OH is 2. The summed E-state index contributed by atoms with van der Waals surface area (Å²) in [6.07, 6.45) is 0.373. The van der Waals surface area contributed by atoms with Crippen LogP contribution in [0.1, 0.15) is 22.1 Å². The molecule has 2 aromatic heterocycles. The Bertz CT molecular complexity index is 942. The Morgan fingerprint density at radius 3 is 2.58 bits per heavy atom. The topological polar surface area (TPSA) is 121 Å². The molecule has 0 fully saturated rings. The Morgan fingerprint density at radius 1 is 1.27 bits per heavy atom. The molecule has 0 radical (unpaired) electrons. The molecule has 1 aromatic carbocycles. The minimum absolute atomic E-state index is 0.0589. The number of nitrogens with zero attached hydrogens (tertiary/aromatic N) is 3. The zero-order valence-corrected chi connectivity index (χ0v) is 15.0. The van der Waals surface area contributed by atoms with Crippen molar-refractivity contribution in [2.75, 3.05) is 11.9 Å². The molecule has 0 saturated carbocycles. The standard InChI is InChI=1S/C17H18N4O4S/c1-9-10(2)26-17-14(9)16(18-8-19-17)20-13(7-22)15(23)11-3-5-12(6-4-11)21(24)25/h3-6,8,13,15,22-23H,7H2,1-2H3,(H,18,19,20)/t13-,15-/m0/s1. The fraction of sp³-hybridized carbons (Fsp3) is 0.294. The number of fused-ring (bicyclic) bond motifs is 1. The predicted molar refractivity (Wildman–Crippen MR) is 99.4 cm³/mol. The SMILES string of the molecule is Cc1sc2ncnc(N[C@@H](CO)[C@@H](O)c3ccc([N+](=O)[O-])cc3)c2c1C. The Balaban J connectivity index is 1.89. The molecule has 3 N–H and O–H groups in total. The molecular weight excluding hydrogens is 356 g/mol. The third-order valence-electron chi connectivity index (χ3n) is 4.31. The maximum Gasteiger partial charge on any atom is 0.269 e. The van der Waals surface area contributed by atoms with Crippen LogP contribution in [0.5, 0.6) is 0 Å². The van der Waals surface area contributed by atoms with Gasteiger partial charge < -0.3 is 15.5 Å². The van der Waals surface area contributed by atoms with Gasteiger partial charge in [-0.1, -0.05) is 0 Å². The van der Waals surface area contributed by atoms with Gasteiger partial charge in [0, 0.05) is 17.0 Å². The summed E-state index contributed by atoms with van der Waals surface area (Å²) in [5.74, 6) is 0.539. The highest BCUT2D eigenvalue weighted by Crippen LogP contribution is 2.33. The lowest BCUT2D eigenvalue weighted by Crippen LogP contribution is -2.31. The van der Waals surface area contributed by atoms with Crippen molar-refractivity contribution < 1.29 is 15.1 Å². The summed E-state index contributed by atoms with van der Waals surface area (Å²) in [6, 6.07) is 4.87. The first-order chi connectivity index (χ1) is 12.4. The number of hydrogen-bond donors (Lipinski definition) is 3. The highest BCUT2D eigenvalue weighted by Gasteiger charge is 2.23. The largest absolute Gasteiger partial charge is 0.394 e. The molecule has 8 nitrogen and oxygen atoms in total. The summed E-state index contributed by atoms with van der Waals surface area (Å²) < 4.78 is 0. The molecule has 2 atom stereocenters. The van der Waals surface area contributed by atoms with Crippen molar-refractivity contribution in [3.05, 3.63) is 56.7 Å². The highest BCUT2D eigenvalue weighted by molar-refractivity contribution is 7.18. The molecule has 0 unspecified atom stereocenters. The zero-order valence-electron chi connectivity index (χ0n) is 14.2. The minimum Gasteiger partial charge on any atom is -0.394 e. The molecule has 136 valence electrons. The second kappa shape index (κ2) is 7.32. The van der Waals surface area contributed by atoms with Crippen molar-refractivity contribution in [1.29, 1.82) is 0 Å². The number of non-ortho nitro benzene ring substituents is 1. The van der Waals surface area contributed by atoms with Crippen molar-refractivity contribution in [2.45, 2.75) is 26.0 Å². The van der Waals surface area contributed by atoms with E-state index in [1.165, 1.54) is 30.6 Å². The molecule has 9 heteroatoms. The molecule has 0 aliphatic rings. The Morgan fingerprint density at radius 2 is 1.96 bits per heavy atom. The normalized spacial score (nSPS) is 13.5. The zero-order chi connectivity index (χ0) is 18.8. The van der Waals surface area contributed by atoms with Crippen LogP contribution in [0.3, 0.4) is 0 Å². The Hall–Kier alpha value is -2.62. The second-order valence-electron chi connectivity index (χ2n) is 5.91. The van der Waals surface area contributed by atoms with Gasteiger partial charge in [-0.05, 0) is 37.1 Å². The van der Waals surface area contributed by atoms with E-state index in [0.717, 1.165) is 20.7 Å². The molecule has 0 aliphatic heterocycles. The van der Waals surface area contributed by atoms with E-state index in [4.69, 9.17) is 0 Å². The average molecular weight is 374 g/mol. The van der Waals surface area contributed by atoms with Gasteiger partial charge in [0.15, 0.2) is 0 Å². The van der Waals surface area contributed by atoms with Crippen molar-refractivity contribution in [2.24, 2.45) is 0 Å². The number of aromatic nitrogens is 2. The van der Waals surface area contributed by atoms with Gasteiger partial charge in [0.25, 0.3) is 5.69 Å². The van der Waals surface area contributed by atoms with Gasteiger partial charge in [0.2, 0.25) is 0 Å². The van der Waals surface area contributed by atoms with Gasteiger partial charge in [-0.25, -0.2) is 9.97 Å². The molecule has 0 amide bonds. The Kier molecular flexibility index (Phi) is 5.12. The van der Waals surface area contributed by atoms with E-state index in [0.29, 0.717) is 11.4 Å². The van der Waals surface area contributed by atoms with E-state index in [9.17, 15) is 20.3 Å². The van der Waals surface area contributed by atoms with E-state index in [-0.39, 0.29) is 12.3 Å². The van der Waals surface area contributed by atoms with Crippen LogP contribution in [0.4, 0.5) is 11.5 Å². The van der Waals surface area contributed by atoms with Gasteiger partial charge >= 0.3 is 0 Å². The van der Waals surface area contributed by atoms with Gasteiger partial charge in [-0.2, -0.15) is 0 Å². The van der Waals surface area contributed by atoms with Crippen molar-refractivity contribution >= 4 is 33.1 Å². The van der Waals surface area contributed by atoms with E-state index in [2.05, 4.69) is 15.3 Å². The molecule has 0 aliphatic carbocycles. The first-order valence-electron chi connectivity index (χ1n) is 7.93. The maximum absolute atomic E-state index is 10.7. The number of hydrogen-bond acceptors (Lipinski definition) is 8. The monoisotopic (exact) mass is 374 g/mol. The second-order valence-corrected chi connectivity index (χ2v) is 7.12. The number of benzene rings is 1. The van der Waals surface area contributed by atoms with Crippen LogP contribution in [0.15, 0.2) is 30.6 Å². The van der Waals surface area contributed by atoms with Crippen LogP contribution in [-0.4, -0.2) is 37.8 Å². The molecule has 0 bridgehead atoms. The average Bonchev–Trinajstić information content (AvgIpc) is 2.94. The molecule has 0 saturated heterocycles. The van der Waals surface area contributed by atoms with Crippen molar-refractivity contribution in [1.82, 2.24) is 9.97 Å². The Labute approximate surface area is 153 Å². The number of aliphatic hydroxyl groups is 2. The summed E-state index contributed by atoms with van der Waals surface area (Å²) in [5, 5.41) is 35.0. The van der Waals surface area contributed by atoms with Crippen molar-refractivity contribution in [3.8, 4) is 0 Å². The molecule has 3 aromatic rings. The van der Waals surface area contributed by atoms with Crippen LogP contribution >= 0.6 is 11.3 Å². The summed E-state index contributed by atoms with van der Waals surface area (Å²) in [4.78, 5) is 20.7. The number of thiophene rings is 1. The van der Waals surface area contributed by atoms with E-state index < -0.39 is 17.1 Å². The van der Waals surface area contributed by atoms with Crippen LogP contribution in [-0.2, 0) is 0 Å². The smallest absolute Gasteiger partial charge is 0.269 e.